The number of alkyl halides is 3. The molecule has 7 nitrogen and oxygen atoms in total. The van der Waals surface area contributed by atoms with Crippen LogP contribution in [0.2, 0.25) is 5.02 Å². The number of carbonyl (C=O) groups excluding carboxylic acids is 1. The van der Waals surface area contributed by atoms with Crippen LogP contribution >= 0.6 is 11.6 Å². The summed E-state index contributed by atoms with van der Waals surface area (Å²) >= 11 is 5.55. The van der Waals surface area contributed by atoms with E-state index in [0.717, 1.165) is 12.1 Å². The van der Waals surface area contributed by atoms with E-state index in [4.69, 9.17) is 21.1 Å². The summed E-state index contributed by atoms with van der Waals surface area (Å²) in [6.45, 7) is -0.516. The largest absolute Gasteiger partial charge is 0.497 e. The molecule has 0 fully saturated rings. The minimum absolute atomic E-state index is 0.0482. The molecule has 3 aromatic carbocycles. The van der Waals surface area contributed by atoms with Gasteiger partial charge in [-0.15, -0.1) is 0 Å². The van der Waals surface area contributed by atoms with Gasteiger partial charge in [-0.3, -0.25) is 9.52 Å². The summed E-state index contributed by atoms with van der Waals surface area (Å²) < 4.78 is 76.7. The molecule has 0 saturated carbocycles. The monoisotopic (exact) mass is 514 g/mol. The Bertz CT molecular complexity index is 1280. The number of benzene rings is 3. The molecule has 0 spiro atoms. The van der Waals surface area contributed by atoms with Crippen LogP contribution in [0.4, 0.5) is 24.5 Å². The summed E-state index contributed by atoms with van der Waals surface area (Å²) in [7, 11) is -2.43. The Morgan fingerprint density at radius 2 is 1.68 bits per heavy atom. The second-order valence-electron chi connectivity index (χ2n) is 6.84. The zero-order chi connectivity index (χ0) is 24.9. The highest BCUT2D eigenvalue weighted by Crippen LogP contribution is 2.36. The molecule has 0 aliphatic carbocycles. The average molecular weight is 515 g/mol. The van der Waals surface area contributed by atoms with Crippen molar-refractivity contribution in [1.29, 1.82) is 0 Å². The van der Waals surface area contributed by atoms with Crippen LogP contribution in [0, 0.1) is 0 Å². The fourth-order valence-corrected chi connectivity index (χ4v) is 4.06. The standard InChI is InChI=1S/C22H18ClF3N2O5S/c1-32-17-4-2-3-15(11-17)28-34(30,31)18-8-6-16(7-9-18)33-13-21(29)27-14-5-10-20(23)19(12-14)22(24,25)26/h2-12,28H,13H2,1H3,(H,27,29). The summed E-state index contributed by atoms with van der Waals surface area (Å²) in [5.41, 5.74) is -0.866. The number of halogens is 4. The van der Waals surface area contributed by atoms with Crippen molar-refractivity contribution < 1.29 is 35.9 Å². The van der Waals surface area contributed by atoms with Crippen molar-refractivity contribution in [1.82, 2.24) is 0 Å². The molecule has 0 bridgehead atoms. The van der Waals surface area contributed by atoms with Crippen molar-refractivity contribution in [3.63, 3.8) is 0 Å². The maximum Gasteiger partial charge on any atom is 0.417 e. The fourth-order valence-electron chi connectivity index (χ4n) is 2.78. The lowest BCUT2D eigenvalue weighted by atomic mass is 10.2. The Balaban J connectivity index is 1.60. The molecule has 0 aromatic heterocycles. The van der Waals surface area contributed by atoms with Gasteiger partial charge in [-0.2, -0.15) is 13.2 Å². The molecule has 3 aromatic rings. The van der Waals surface area contributed by atoms with E-state index in [1.165, 1.54) is 43.5 Å². The van der Waals surface area contributed by atoms with Crippen LogP contribution in [0.5, 0.6) is 11.5 Å². The minimum atomic E-state index is -4.67. The van der Waals surface area contributed by atoms with E-state index in [2.05, 4.69) is 10.0 Å². The number of hydrogen-bond donors (Lipinski definition) is 2. The molecular weight excluding hydrogens is 497 g/mol. The van der Waals surface area contributed by atoms with Crippen molar-refractivity contribution in [2.45, 2.75) is 11.1 Å². The van der Waals surface area contributed by atoms with E-state index in [0.29, 0.717) is 11.4 Å². The smallest absolute Gasteiger partial charge is 0.417 e. The minimum Gasteiger partial charge on any atom is -0.497 e. The van der Waals surface area contributed by atoms with Gasteiger partial charge in [-0.05, 0) is 54.6 Å². The number of anilines is 2. The maximum absolute atomic E-state index is 12.9. The number of amides is 1. The lowest BCUT2D eigenvalue weighted by Crippen LogP contribution is -2.20. The van der Waals surface area contributed by atoms with E-state index in [1.54, 1.807) is 18.2 Å². The number of sulfonamides is 1. The van der Waals surface area contributed by atoms with Gasteiger partial charge in [0.25, 0.3) is 15.9 Å². The molecule has 0 radical (unpaired) electrons. The van der Waals surface area contributed by atoms with Gasteiger partial charge in [0.2, 0.25) is 0 Å². The summed E-state index contributed by atoms with van der Waals surface area (Å²) in [6, 6.07) is 14.6. The SMILES string of the molecule is COc1cccc(NS(=O)(=O)c2ccc(OCC(=O)Nc3ccc(Cl)c(C(F)(F)F)c3)cc2)c1. The summed E-state index contributed by atoms with van der Waals surface area (Å²) in [4.78, 5) is 12.0. The third-order valence-corrected chi connectivity index (χ3v) is 6.11. The van der Waals surface area contributed by atoms with Crippen molar-refractivity contribution in [3.8, 4) is 11.5 Å². The van der Waals surface area contributed by atoms with Gasteiger partial charge in [0.1, 0.15) is 11.5 Å². The van der Waals surface area contributed by atoms with Crippen LogP contribution in [-0.2, 0) is 21.0 Å². The van der Waals surface area contributed by atoms with E-state index >= 15 is 0 Å². The van der Waals surface area contributed by atoms with E-state index < -0.39 is 39.3 Å². The fraction of sp³-hybridized carbons (Fsp3) is 0.136. The second kappa shape index (κ2) is 10.2. The van der Waals surface area contributed by atoms with Gasteiger partial charge >= 0.3 is 6.18 Å². The first-order valence-corrected chi connectivity index (χ1v) is 11.4. The van der Waals surface area contributed by atoms with Crippen LogP contribution in [0.15, 0.2) is 71.6 Å². The van der Waals surface area contributed by atoms with Crippen LogP contribution < -0.4 is 19.5 Å². The molecule has 1 amide bonds. The van der Waals surface area contributed by atoms with Gasteiger partial charge in [-0.25, -0.2) is 8.42 Å². The highest BCUT2D eigenvalue weighted by molar-refractivity contribution is 7.92. The van der Waals surface area contributed by atoms with E-state index in [9.17, 15) is 26.4 Å². The van der Waals surface area contributed by atoms with E-state index in [1.807, 2.05) is 0 Å². The van der Waals surface area contributed by atoms with Crippen molar-refractivity contribution >= 4 is 38.9 Å². The summed E-state index contributed by atoms with van der Waals surface area (Å²) in [5, 5.41) is 1.80. The quantitative estimate of drug-likeness (QED) is 0.432. The number of ether oxygens (including phenoxy) is 2. The number of methoxy groups -OCH3 is 1. The van der Waals surface area contributed by atoms with Crippen molar-refractivity contribution in [3.05, 3.63) is 77.3 Å². The van der Waals surface area contributed by atoms with Gasteiger partial charge in [0.15, 0.2) is 6.61 Å². The first kappa shape index (κ1) is 25.2. The predicted octanol–water partition coefficient (Wildman–Crippen LogP) is 5.19. The van der Waals surface area contributed by atoms with Crippen molar-refractivity contribution in [2.24, 2.45) is 0 Å². The number of rotatable bonds is 8. The zero-order valence-electron chi connectivity index (χ0n) is 17.5. The topological polar surface area (TPSA) is 93.7 Å². The molecular formula is C22H18ClF3N2O5S. The molecule has 12 heteroatoms. The van der Waals surface area contributed by atoms with Gasteiger partial charge in [0, 0.05) is 11.8 Å². The Morgan fingerprint density at radius 1 is 0.971 bits per heavy atom. The molecule has 0 unspecified atom stereocenters. The number of nitrogens with one attached hydrogen (secondary N) is 2. The second-order valence-corrected chi connectivity index (χ2v) is 8.93. The molecule has 0 saturated heterocycles. The average Bonchev–Trinajstić information content (AvgIpc) is 2.78. The van der Waals surface area contributed by atoms with Crippen LogP contribution in [0.3, 0.4) is 0 Å². The third kappa shape index (κ3) is 6.55. The van der Waals surface area contributed by atoms with Gasteiger partial charge < -0.3 is 14.8 Å². The molecule has 2 N–H and O–H groups in total. The first-order chi connectivity index (χ1) is 16.0. The molecule has 3 rings (SSSR count). The Hall–Kier alpha value is -3.44. The highest BCUT2D eigenvalue weighted by Gasteiger charge is 2.33. The molecule has 0 aliphatic heterocycles. The zero-order valence-corrected chi connectivity index (χ0v) is 19.1. The molecule has 0 heterocycles. The normalized spacial score (nSPS) is 11.6. The Morgan fingerprint density at radius 3 is 2.32 bits per heavy atom. The lowest BCUT2D eigenvalue weighted by molar-refractivity contribution is -0.137. The lowest BCUT2D eigenvalue weighted by Gasteiger charge is -2.12. The number of carbonyl (C=O) groups is 1. The summed E-state index contributed by atoms with van der Waals surface area (Å²) in [5.74, 6) is -0.0511. The molecule has 0 atom stereocenters. The van der Waals surface area contributed by atoms with Crippen LogP contribution in [0.1, 0.15) is 5.56 Å². The Kier molecular flexibility index (Phi) is 7.57. The van der Waals surface area contributed by atoms with Gasteiger partial charge in [0.05, 0.1) is 28.3 Å². The highest BCUT2D eigenvalue weighted by atomic mass is 35.5. The third-order valence-electron chi connectivity index (χ3n) is 4.38. The maximum atomic E-state index is 12.9. The predicted molar refractivity (Wildman–Crippen MR) is 121 cm³/mol. The molecule has 180 valence electrons. The first-order valence-electron chi connectivity index (χ1n) is 9.54. The molecule has 0 aliphatic rings. The number of hydrogen-bond acceptors (Lipinski definition) is 5. The van der Waals surface area contributed by atoms with E-state index in [-0.39, 0.29) is 16.3 Å². The van der Waals surface area contributed by atoms with Crippen LogP contribution in [-0.4, -0.2) is 28.0 Å². The Labute approximate surface area is 198 Å². The van der Waals surface area contributed by atoms with Crippen LogP contribution in [0.25, 0.3) is 0 Å². The molecule has 34 heavy (non-hydrogen) atoms. The summed E-state index contributed by atoms with van der Waals surface area (Å²) in [6.07, 6.45) is -4.67. The van der Waals surface area contributed by atoms with Gasteiger partial charge in [-0.1, -0.05) is 17.7 Å². The van der Waals surface area contributed by atoms with Crippen molar-refractivity contribution in [2.75, 3.05) is 23.8 Å².